The molecular formula is C27H27ClN4O4. The molecule has 1 atom stereocenters. The normalized spacial score (nSPS) is 19.8. The van der Waals surface area contributed by atoms with Crippen LogP contribution in [0.2, 0.25) is 0 Å². The maximum absolute atomic E-state index is 13.6. The minimum atomic E-state index is -1.86. The first-order valence-electron chi connectivity index (χ1n) is 12.3. The molecule has 9 heteroatoms. The minimum absolute atomic E-state index is 0.104. The Bertz CT molecular complexity index is 1540. The second-order valence-electron chi connectivity index (χ2n) is 10.1. The summed E-state index contributed by atoms with van der Waals surface area (Å²) in [5.41, 5.74) is 3.27. The number of hydrogen-bond donors (Lipinski definition) is 1. The van der Waals surface area contributed by atoms with E-state index in [1.807, 2.05) is 18.2 Å². The number of amidine groups is 1. The Kier molecular flexibility index (Phi) is 5.25. The van der Waals surface area contributed by atoms with Gasteiger partial charge in [-0.05, 0) is 37.0 Å². The molecule has 5 heterocycles. The number of rotatable bonds is 5. The average Bonchev–Trinajstić information content (AvgIpc) is 3.24. The Morgan fingerprint density at radius 3 is 2.78 bits per heavy atom. The Labute approximate surface area is 213 Å². The predicted molar refractivity (Wildman–Crippen MR) is 139 cm³/mol. The summed E-state index contributed by atoms with van der Waals surface area (Å²) in [7, 11) is 0. The lowest BCUT2D eigenvalue weighted by atomic mass is 9.86. The van der Waals surface area contributed by atoms with Gasteiger partial charge in [0, 0.05) is 17.7 Å². The summed E-state index contributed by atoms with van der Waals surface area (Å²) in [4.78, 5) is 38.1. The number of pyridine rings is 2. The van der Waals surface area contributed by atoms with Crippen molar-refractivity contribution in [2.75, 3.05) is 17.3 Å². The number of cyclic esters (lactones) is 1. The van der Waals surface area contributed by atoms with E-state index in [0.717, 1.165) is 46.6 Å². The zero-order valence-corrected chi connectivity index (χ0v) is 21.2. The number of alkyl halides is 1. The number of aromatic nitrogens is 2. The van der Waals surface area contributed by atoms with E-state index in [2.05, 4.69) is 18.7 Å². The van der Waals surface area contributed by atoms with Gasteiger partial charge in [0.25, 0.3) is 5.56 Å². The van der Waals surface area contributed by atoms with Gasteiger partial charge in [-0.15, -0.1) is 11.6 Å². The van der Waals surface area contributed by atoms with E-state index in [4.69, 9.17) is 26.3 Å². The second-order valence-corrected chi connectivity index (χ2v) is 10.3. The molecular weight excluding hydrogens is 480 g/mol. The summed E-state index contributed by atoms with van der Waals surface area (Å²) in [5, 5.41) is 12.1. The Hall–Kier alpha value is -3.23. The van der Waals surface area contributed by atoms with Crippen molar-refractivity contribution in [1.82, 2.24) is 9.55 Å². The minimum Gasteiger partial charge on any atom is -0.458 e. The second kappa shape index (κ2) is 8.15. The monoisotopic (exact) mass is 506 g/mol. The standard InChI is InChI=1S/C27H27ClN4O4/c1-4-27(35)17-10-20-23-15(12-32(20)25(33)16(17)13-36-26(27)34)24-22-18(6-5-7-19(22)30-23)29-21(11-28)31(24)9-8-14(2)3/h5-7,10,14,35H,4,8-9,11-13H2,1-3H3/t27-/m0/s1. The zero-order valence-electron chi connectivity index (χ0n) is 20.5. The summed E-state index contributed by atoms with van der Waals surface area (Å²) in [6, 6.07) is 7.58. The van der Waals surface area contributed by atoms with E-state index in [1.54, 1.807) is 17.6 Å². The van der Waals surface area contributed by atoms with Gasteiger partial charge in [-0.1, -0.05) is 26.8 Å². The van der Waals surface area contributed by atoms with Crippen molar-refractivity contribution < 1.29 is 14.6 Å². The lowest BCUT2D eigenvalue weighted by Crippen LogP contribution is -2.44. The van der Waals surface area contributed by atoms with E-state index < -0.39 is 11.6 Å². The Balaban J connectivity index is 1.63. The van der Waals surface area contributed by atoms with Gasteiger partial charge in [0.15, 0.2) is 5.60 Å². The van der Waals surface area contributed by atoms with Crippen LogP contribution in [0.5, 0.6) is 0 Å². The molecule has 3 aliphatic rings. The molecule has 3 aromatic rings. The van der Waals surface area contributed by atoms with E-state index in [9.17, 15) is 14.7 Å². The van der Waals surface area contributed by atoms with Crippen LogP contribution in [-0.2, 0) is 28.3 Å². The molecule has 0 bridgehead atoms. The number of aliphatic hydroxyl groups is 1. The van der Waals surface area contributed by atoms with Crippen molar-refractivity contribution >= 4 is 45.7 Å². The molecule has 1 N–H and O–H groups in total. The van der Waals surface area contributed by atoms with Gasteiger partial charge in [-0.3, -0.25) is 4.79 Å². The fraction of sp³-hybridized carbons (Fsp3) is 0.407. The van der Waals surface area contributed by atoms with Gasteiger partial charge in [0.2, 0.25) is 0 Å². The topological polar surface area (TPSA) is 97.0 Å². The number of aliphatic imine (C=N–C) groups is 1. The molecule has 0 saturated heterocycles. The summed E-state index contributed by atoms with van der Waals surface area (Å²) >= 11 is 6.39. The molecule has 0 unspecified atom stereocenters. The highest BCUT2D eigenvalue weighted by Gasteiger charge is 2.45. The third-order valence-corrected chi connectivity index (χ3v) is 7.78. The first-order valence-corrected chi connectivity index (χ1v) is 12.9. The average molecular weight is 507 g/mol. The zero-order chi connectivity index (χ0) is 25.4. The molecule has 1 aromatic carbocycles. The van der Waals surface area contributed by atoms with Crippen molar-refractivity contribution in [3.05, 3.63) is 51.3 Å². The van der Waals surface area contributed by atoms with Crippen molar-refractivity contribution in [3.8, 4) is 11.4 Å². The van der Waals surface area contributed by atoms with Gasteiger partial charge in [-0.25, -0.2) is 14.8 Å². The van der Waals surface area contributed by atoms with Crippen molar-refractivity contribution in [2.45, 2.75) is 52.4 Å². The smallest absolute Gasteiger partial charge is 0.343 e. The number of carbonyl (C=O) groups excluding carboxylic acids is 1. The van der Waals surface area contributed by atoms with Gasteiger partial charge in [-0.2, -0.15) is 0 Å². The highest BCUT2D eigenvalue weighted by atomic mass is 35.5. The predicted octanol–water partition coefficient (Wildman–Crippen LogP) is 4.21. The first-order chi connectivity index (χ1) is 17.3. The molecule has 0 fully saturated rings. The molecule has 0 radical (unpaired) electrons. The SMILES string of the molecule is CC[C@@]1(O)C(=O)OCc2c1cc1n(c2=O)Cc2c-1nc1cccc3c1c2N(CCC(C)C)C(CCl)=N3. The lowest BCUT2D eigenvalue weighted by molar-refractivity contribution is -0.172. The summed E-state index contributed by atoms with van der Waals surface area (Å²) in [5.74, 6) is 0.788. The third-order valence-electron chi connectivity index (χ3n) is 7.54. The van der Waals surface area contributed by atoms with E-state index in [0.29, 0.717) is 35.0 Å². The molecule has 36 heavy (non-hydrogen) atoms. The van der Waals surface area contributed by atoms with Crippen LogP contribution in [0.4, 0.5) is 11.4 Å². The quantitative estimate of drug-likeness (QED) is 0.321. The number of anilines is 1. The lowest BCUT2D eigenvalue weighted by Gasteiger charge is -2.32. The maximum Gasteiger partial charge on any atom is 0.343 e. The molecule has 0 spiro atoms. The van der Waals surface area contributed by atoms with Gasteiger partial charge in [0.05, 0.1) is 51.7 Å². The number of fused-ring (bicyclic) bond motifs is 5. The molecule has 8 nitrogen and oxygen atoms in total. The molecule has 0 aliphatic carbocycles. The van der Waals surface area contributed by atoms with Crippen LogP contribution in [0.3, 0.4) is 0 Å². The first kappa shape index (κ1) is 23.2. The van der Waals surface area contributed by atoms with Gasteiger partial charge < -0.3 is 19.3 Å². The van der Waals surface area contributed by atoms with Gasteiger partial charge >= 0.3 is 5.97 Å². The number of nitrogens with zero attached hydrogens (tertiary/aromatic N) is 4. The third kappa shape index (κ3) is 3.10. The fourth-order valence-electron chi connectivity index (χ4n) is 5.54. The number of esters is 1. The van der Waals surface area contributed by atoms with Crippen molar-refractivity contribution in [1.29, 1.82) is 0 Å². The highest BCUT2D eigenvalue weighted by Crippen LogP contribution is 2.47. The highest BCUT2D eigenvalue weighted by molar-refractivity contribution is 6.32. The van der Waals surface area contributed by atoms with Crippen LogP contribution >= 0.6 is 11.6 Å². The van der Waals surface area contributed by atoms with Crippen LogP contribution in [0.15, 0.2) is 34.1 Å². The molecule has 2 aromatic heterocycles. The van der Waals surface area contributed by atoms with Crippen LogP contribution in [0, 0.1) is 5.92 Å². The van der Waals surface area contributed by atoms with Gasteiger partial charge in [0.1, 0.15) is 12.4 Å². The summed E-state index contributed by atoms with van der Waals surface area (Å²) in [6.45, 7) is 6.98. The number of ether oxygens (including phenoxy) is 1. The van der Waals surface area contributed by atoms with Crippen molar-refractivity contribution in [3.63, 3.8) is 0 Å². The fourth-order valence-corrected chi connectivity index (χ4v) is 5.74. The Morgan fingerprint density at radius 1 is 1.25 bits per heavy atom. The molecule has 6 rings (SSSR count). The van der Waals surface area contributed by atoms with Crippen molar-refractivity contribution in [2.24, 2.45) is 10.9 Å². The maximum atomic E-state index is 13.6. The van der Waals surface area contributed by atoms with Crippen LogP contribution in [0.1, 0.15) is 50.3 Å². The number of hydrogen-bond acceptors (Lipinski definition) is 7. The molecule has 0 amide bonds. The van der Waals surface area contributed by atoms with E-state index in [-0.39, 0.29) is 24.5 Å². The molecule has 3 aliphatic heterocycles. The number of benzene rings is 1. The van der Waals surface area contributed by atoms with E-state index in [1.165, 1.54) is 0 Å². The van der Waals surface area contributed by atoms with Crippen LogP contribution in [0.25, 0.3) is 22.3 Å². The number of carbonyl (C=O) groups is 1. The summed E-state index contributed by atoms with van der Waals surface area (Å²) in [6.07, 6.45) is 1.05. The molecule has 0 saturated carbocycles. The largest absolute Gasteiger partial charge is 0.458 e. The Morgan fingerprint density at radius 2 is 2.06 bits per heavy atom. The van der Waals surface area contributed by atoms with E-state index >= 15 is 0 Å². The van der Waals surface area contributed by atoms with Crippen LogP contribution in [-0.4, -0.2) is 38.9 Å². The summed E-state index contributed by atoms with van der Waals surface area (Å²) < 4.78 is 6.88. The number of halogens is 1. The molecule has 186 valence electrons. The van der Waals surface area contributed by atoms with Crippen LogP contribution < -0.4 is 10.5 Å².